The smallest absolute Gasteiger partial charge is 0.270 e. The van der Waals surface area contributed by atoms with E-state index in [1.165, 1.54) is 17.0 Å². The molecule has 0 aliphatic carbocycles. The van der Waals surface area contributed by atoms with E-state index in [1.54, 1.807) is 18.2 Å². The number of primary sulfonamides is 1. The maximum atomic E-state index is 13.4. The van der Waals surface area contributed by atoms with Gasteiger partial charge in [0.2, 0.25) is 10.0 Å². The monoisotopic (exact) mass is 508 g/mol. The first-order chi connectivity index (χ1) is 16.4. The van der Waals surface area contributed by atoms with Crippen molar-refractivity contribution in [2.24, 2.45) is 5.14 Å². The van der Waals surface area contributed by atoms with E-state index in [2.05, 4.69) is 5.32 Å². The average molecular weight is 509 g/mol. The van der Waals surface area contributed by atoms with Crippen molar-refractivity contribution in [1.82, 2.24) is 9.88 Å². The van der Waals surface area contributed by atoms with E-state index >= 15 is 0 Å². The molecule has 2 aromatic carbocycles. The Balaban J connectivity index is 1.75. The molecule has 0 unspecified atom stereocenters. The summed E-state index contributed by atoms with van der Waals surface area (Å²) >= 11 is 5.31. The van der Waals surface area contributed by atoms with Gasteiger partial charge in [-0.3, -0.25) is 19.8 Å². The number of nitrogens with one attached hydrogen (secondary N) is 1. The molecule has 1 aliphatic rings. The van der Waals surface area contributed by atoms with E-state index in [9.17, 15) is 18.0 Å². The number of amides is 2. The van der Waals surface area contributed by atoms with Crippen LogP contribution in [-0.2, 0) is 19.6 Å². The number of carbonyl (C=O) groups is 2. The van der Waals surface area contributed by atoms with Gasteiger partial charge in [-0.1, -0.05) is 6.07 Å². The second-order valence-corrected chi connectivity index (χ2v) is 10.5. The Bertz CT molecular complexity index is 1510. The van der Waals surface area contributed by atoms with Gasteiger partial charge in [-0.05, 0) is 105 Å². The van der Waals surface area contributed by atoms with Gasteiger partial charge < -0.3 is 4.57 Å². The van der Waals surface area contributed by atoms with E-state index in [0.29, 0.717) is 11.3 Å². The number of nitrogens with two attached hydrogens (primary N) is 1. The Morgan fingerprint density at radius 2 is 1.51 bits per heavy atom. The summed E-state index contributed by atoms with van der Waals surface area (Å²) in [7, 11) is -3.80. The molecule has 3 aromatic rings. The molecule has 35 heavy (non-hydrogen) atoms. The van der Waals surface area contributed by atoms with Crippen LogP contribution in [0, 0.1) is 27.7 Å². The number of rotatable bonds is 4. The van der Waals surface area contributed by atoms with Crippen LogP contribution in [0.1, 0.15) is 28.1 Å². The summed E-state index contributed by atoms with van der Waals surface area (Å²) in [6.07, 6.45) is 1.55. The number of aromatic nitrogens is 1. The lowest BCUT2D eigenvalue weighted by atomic mass is 10.1. The fourth-order valence-electron chi connectivity index (χ4n) is 4.24. The summed E-state index contributed by atoms with van der Waals surface area (Å²) in [5.41, 5.74) is 5.48. The molecule has 180 valence electrons. The van der Waals surface area contributed by atoms with Gasteiger partial charge in [0.1, 0.15) is 5.57 Å². The molecule has 0 radical (unpaired) electrons. The predicted molar refractivity (Wildman–Crippen MR) is 139 cm³/mol. The molecule has 0 saturated carbocycles. The van der Waals surface area contributed by atoms with Crippen LogP contribution < -0.4 is 15.4 Å². The molecule has 1 aliphatic heterocycles. The van der Waals surface area contributed by atoms with Crippen LogP contribution in [0.15, 0.2) is 59.0 Å². The van der Waals surface area contributed by atoms with Gasteiger partial charge in [-0.2, -0.15) is 0 Å². The highest BCUT2D eigenvalue weighted by atomic mass is 32.2. The maximum absolute atomic E-state index is 13.4. The molecule has 3 N–H and O–H groups in total. The minimum Gasteiger partial charge on any atom is -0.318 e. The molecule has 1 fully saturated rings. The Kier molecular flexibility index (Phi) is 6.22. The summed E-state index contributed by atoms with van der Waals surface area (Å²) in [6, 6.07) is 13.7. The number of sulfonamides is 1. The Morgan fingerprint density at radius 3 is 2.09 bits per heavy atom. The van der Waals surface area contributed by atoms with Crippen molar-refractivity contribution in [3.8, 4) is 5.69 Å². The zero-order valence-electron chi connectivity index (χ0n) is 19.6. The van der Waals surface area contributed by atoms with Crippen molar-refractivity contribution in [3.63, 3.8) is 0 Å². The molecule has 8 nitrogen and oxygen atoms in total. The van der Waals surface area contributed by atoms with Gasteiger partial charge in [0.05, 0.1) is 10.6 Å². The van der Waals surface area contributed by atoms with E-state index in [0.717, 1.165) is 28.2 Å². The van der Waals surface area contributed by atoms with Crippen molar-refractivity contribution in [2.75, 3.05) is 4.90 Å². The normalized spacial score (nSPS) is 15.6. The van der Waals surface area contributed by atoms with Gasteiger partial charge in [0, 0.05) is 17.1 Å². The number of hydrogen-bond donors (Lipinski definition) is 2. The van der Waals surface area contributed by atoms with Crippen molar-refractivity contribution in [1.29, 1.82) is 0 Å². The van der Waals surface area contributed by atoms with Crippen LogP contribution in [-0.4, -0.2) is 29.9 Å². The first kappa shape index (κ1) is 24.5. The number of aryl methyl sites for hydroxylation is 3. The summed E-state index contributed by atoms with van der Waals surface area (Å²) in [5, 5.41) is 7.84. The number of nitrogens with zero attached hydrogens (tertiary/aromatic N) is 2. The quantitative estimate of drug-likeness (QED) is 0.319. The summed E-state index contributed by atoms with van der Waals surface area (Å²) < 4.78 is 25.0. The van der Waals surface area contributed by atoms with E-state index in [4.69, 9.17) is 17.4 Å². The van der Waals surface area contributed by atoms with E-state index in [-0.39, 0.29) is 15.6 Å². The highest BCUT2D eigenvalue weighted by molar-refractivity contribution is 7.89. The Labute approximate surface area is 209 Å². The van der Waals surface area contributed by atoms with E-state index < -0.39 is 21.8 Å². The highest BCUT2D eigenvalue weighted by Crippen LogP contribution is 2.27. The van der Waals surface area contributed by atoms with Crippen molar-refractivity contribution in [2.45, 2.75) is 32.6 Å². The summed E-state index contributed by atoms with van der Waals surface area (Å²) in [6.45, 7) is 7.58. The fraction of sp³-hybridized carbons (Fsp3) is 0.160. The molecule has 2 amide bonds. The Morgan fingerprint density at radius 1 is 0.914 bits per heavy atom. The van der Waals surface area contributed by atoms with Gasteiger partial charge in [-0.15, -0.1) is 0 Å². The standard InChI is InChI=1S/C25H24N4O4S2/c1-14-9-15(2)11-20(10-14)29-24(31)22(23(30)27-25(29)34)13-18-12-16(3)28(17(18)4)19-5-7-21(8-6-19)35(26,32)33/h5-13H,1-4H3,(H2,26,32,33)(H,27,30,34)/b22-13+. The average Bonchev–Trinajstić information content (AvgIpc) is 3.02. The zero-order valence-corrected chi connectivity index (χ0v) is 21.3. The third-order valence-electron chi connectivity index (χ3n) is 5.76. The minimum atomic E-state index is -3.80. The van der Waals surface area contributed by atoms with Crippen LogP contribution >= 0.6 is 12.2 Å². The molecule has 2 heterocycles. The van der Waals surface area contributed by atoms with Crippen LogP contribution in [0.4, 0.5) is 5.69 Å². The number of anilines is 1. The van der Waals surface area contributed by atoms with Gasteiger partial charge >= 0.3 is 0 Å². The first-order valence-corrected chi connectivity index (χ1v) is 12.6. The second kappa shape index (κ2) is 8.88. The molecule has 4 rings (SSSR count). The topological polar surface area (TPSA) is 114 Å². The van der Waals surface area contributed by atoms with Crippen LogP contribution in [0.3, 0.4) is 0 Å². The number of carbonyl (C=O) groups excluding carboxylic acids is 2. The second-order valence-electron chi connectivity index (χ2n) is 8.50. The first-order valence-electron chi connectivity index (χ1n) is 10.7. The van der Waals surface area contributed by atoms with Crippen LogP contribution in [0.5, 0.6) is 0 Å². The van der Waals surface area contributed by atoms with Crippen molar-refractivity contribution < 1.29 is 18.0 Å². The molecule has 10 heteroatoms. The minimum absolute atomic E-state index is 0.0120. The predicted octanol–water partition coefficient (Wildman–Crippen LogP) is 3.19. The third kappa shape index (κ3) is 4.68. The Hall–Kier alpha value is -3.60. The number of thiocarbonyl (C=S) groups is 1. The van der Waals surface area contributed by atoms with Gasteiger partial charge in [0.25, 0.3) is 11.8 Å². The lowest BCUT2D eigenvalue weighted by molar-refractivity contribution is -0.122. The van der Waals surface area contributed by atoms with Crippen molar-refractivity contribution >= 4 is 50.9 Å². The van der Waals surface area contributed by atoms with Crippen LogP contribution in [0.25, 0.3) is 11.8 Å². The molecule has 1 aromatic heterocycles. The molecule has 0 spiro atoms. The maximum Gasteiger partial charge on any atom is 0.270 e. The summed E-state index contributed by atoms with van der Waals surface area (Å²) in [5.74, 6) is -1.08. The number of hydrogen-bond acceptors (Lipinski definition) is 5. The van der Waals surface area contributed by atoms with Crippen molar-refractivity contribution in [3.05, 3.63) is 82.2 Å². The molecule has 1 saturated heterocycles. The summed E-state index contributed by atoms with van der Waals surface area (Å²) in [4.78, 5) is 27.5. The van der Waals surface area contributed by atoms with E-state index in [1.807, 2.05) is 56.5 Å². The molecule has 0 bridgehead atoms. The lowest BCUT2D eigenvalue weighted by Gasteiger charge is -2.29. The molecular formula is C25H24N4O4S2. The van der Waals surface area contributed by atoms with Crippen LogP contribution in [0.2, 0.25) is 0 Å². The SMILES string of the molecule is Cc1cc(C)cc(N2C(=O)/C(=C/c3cc(C)n(-c4ccc(S(N)(=O)=O)cc4)c3C)C(=O)NC2=S)c1. The third-order valence-corrected chi connectivity index (χ3v) is 6.97. The highest BCUT2D eigenvalue weighted by Gasteiger charge is 2.35. The van der Waals surface area contributed by atoms with Gasteiger partial charge in [-0.25, -0.2) is 13.6 Å². The molecular weight excluding hydrogens is 484 g/mol. The molecule has 0 atom stereocenters. The number of benzene rings is 2. The lowest BCUT2D eigenvalue weighted by Crippen LogP contribution is -2.54. The van der Waals surface area contributed by atoms with Gasteiger partial charge in [0.15, 0.2) is 5.11 Å². The fourth-order valence-corrected chi connectivity index (χ4v) is 5.04. The zero-order chi connectivity index (χ0) is 25.7. The largest absolute Gasteiger partial charge is 0.318 e.